The van der Waals surface area contributed by atoms with E-state index in [1.165, 1.54) is 18.7 Å². The summed E-state index contributed by atoms with van der Waals surface area (Å²) in [6, 6.07) is 10.8. The van der Waals surface area contributed by atoms with Gasteiger partial charge in [-0.3, -0.25) is 0 Å². The molecule has 0 aliphatic rings. The summed E-state index contributed by atoms with van der Waals surface area (Å²) in [4.78, 5) is 12.5. The first-order valence-electron chi connectivity index (χ1n) is 5.34. The van der Waals surface area contributed by atoms with Crippen molar-refractivity contribution in [3.8, 4) is 12.1 Å². The molecule has 0 amide bonds. The van der Waals surface area contributed by atoms with E-state index in [4.69, 9.17) is 15.3 Å². The van der Waals surface area contributed by atoms with Crippen LogP contribution in [0.5, 0.6) is 0 Å². The lowest BCUT2D eigenvalue weighted by atomic mass is 10.2. The van der Waals surface area contributed by atoms with Crippen LogP contribution >= 0.6 is 11.8 Å². The van der Waals surface area contributed by atoms with Gasteiger partial charge in [-0.25, -0.2) is 4.79 Å². The summed E-state index contributed by atoms with van der Waals surface area (Å²) in [5, 5.41) is 17.1. The number of hydrogen-bond acceptors (Lipinski definition) is 5. The van der Waals surface area contributed by atoms with E-state index in [9.17, 15) is 4.79 Å². The highest BCUT2D eigenvalue weighted by molar-refractivity contribution is 8.00. The summed E-state index contributed by atoms with van der Waals surface area (Å²) in [7, 11) is 0. The Hall–Kier alpha value is -1.98. The van der Waals surface area contributed by atoms with E-state index >= 15 is 0 Å². The number of benzene rings is 1. The van der Waals surface area contributed by atoms with Gasteiger partial charge in [-0.05, 0) is 26.0 Å². The van der Waals surface area contributed by atoms with Crippen molar-refractivity contribution in [1.29, 1.82) is 10.5 Å². The second-order valence-electron chi connectivity index (χ2n) is 3.56. The smallest absolute Gasteiger partial charge is 0.340 e. The summed E-state index contributed by atoms with van der Waals surface area (Å²) >= 11 is 1.29. The molecule has 0 fully saturated rings. The number of rotatable bonds is 4. The van der Waals surface area contributed by atoms with Crippen LogP contribution in [0.25, 0.3) is 0 Å². The van der Waals surface area contributed by atoms with Crippen molar-refractivity contribution in [2.24, 2.45) is 0 Å². The Morgan fingerprint density at radius 1 is 1.28 bits per heavy atom. The van der Waals surface area contributed by atoms with Gasteiger partial charge in [0.1, 0.15) is 6.07 Å². The van der Waals surface area contributed by atoms with Gasteiger partial charge in [0, 0.05) is 4.90 Å². The fraction of sp³-hybridized carbons (Fsp3) is 0.308. The van der Waals surface area contributed by atoms with Gasteiger partial charge in [0.15, 0.2) is 6.10 Å². The third kappa shape index (κ3) is 3.80. The van der Waals surface area contributed by atoms with Crippen molar-refractivity contribution < 1.29 is 9.53 Å². The van der Waals surface area contributed by atoms with Gasteiger partial charge in [0.05, 0.1) is 16.9 Å². The average Bonchev–Trinajstić information content (AvgIpc) is 2.38. The van der Waals surface area contributed by atoms with E-state index < -0.39 is 12.1 Å². The van der Waals surface area contributed by atoms with E-state index in [-0.39, 0.29) is 5.25 Å². The van der Waals surface area contributed by atoms with Crippen molar-refractivity contribution in [3.05, 3.63) is 29.8 Å². The topological polar surface area (TPSA) is 73.9 Å². The quantitative estimate of drug-likeness (QED) is 0.614. The first kappa shape index (κ1) is 14.1. The fourth-order valence-electron chi connectivity index (χ4n) is 1.21. The van der Waals surface area contributed by atoms with Gasteiger partial charge in [-0.2, -0.15) is 10.5 Å². The van der Waals surface area contributed by atoms with Gasteiger partial charge >= 0.3 is 5.97 Å². The Morgan fingerprint density at radius 3 is 2.56 bits per heavy atom. The Morgan fingerprint density at radius 2 is 1.94 bits per heavy atom. The maximum Gasteiger partial charge on any atom is 0.340 e. The minimum Gasteiger partial charge on any atom is -0.444 e. The van der Waals surface area contributed by atoms with Gasteiger partial charge in [0.2, 0.25) is 0 Å². The van der Waals surface area contributed by atoms with E-state index in [1.807, 2.05) is 6.07 Å². The number of ether oxygens (including phenoxy) is 1. The second kappa shape index (κ2) is 6.68. The molecule has 1 rings (SSSR count). The summed E-state index contributed by atoms with van der Waals surface area (Å²) in [6.45, 7) is 3.26. The minimum absolute atomic E-state index is 0.257. The maximum atomic E-state index is 11.8. The lowest BCUT2D eigenvalue weighted by Crippen LogP contribution is -2.14. The Labute approximate surface area is 110 Å². The highest BCUT2D eigenvalue weighted by atomic mass is 32.2. The van der Waals surface area contributed by atoms with Crippen LogP contribution in [-0.4, -0.2) is 17.3 Å². The average molecular weight is 260 g/mol. The number of nitriles is 2. The third-order valence-electron chi connectivity index (χ3n) is 2.06. The molecule has 1 aromatic rings. The summed E-state index contributed by atoms with van der Waals surface area (Å²) in [5.74, 6) is -0.544. The monoisotopic (exact) mass is 260 g/mol. The van der Waals surface area contributed by atoms with E-state index in [2.05, 4.69) is 6.07 Å². The molecule has 0 bridgehead atoms. The molecule has 0 aromatic heterocycles. The predicted octanol–water partition coefficient (Wildman–Crippen LogP) is 2.76. The van der Waals surface area contributed by atoms with Crippen LogP contribution in [0.15, 0.2) is 29.2 Å². The molecule has 0 heterocycles. The molecule has 0 spiro atoms. The largest absolute Gasteiger partial charge is 0.444 e. The Balaban J connectivity index is 2.92. The Bertz CT molecular complexity index is 516. The number of carbonyl (C=O) groups is 1. The van der Waals surface area contributed by atoms with E-state index in [0.717, 1.165) is 0 Å². The van der Waals surface area contributed by atoms with Gasteiger partial charge in [-0.15, -0.1) is 11.8 Å². The predicted molar refractivity (Wildman–Crippen MR) is 67.9 cm³/mol. The maximum absolute atomic E-state index is 11.8. The zero-order valence-electron chi connectivity index (χ0n) is 10.1. The van der Waals surface area contributed by atoms with Crippen molar-refractivity contribution >= 4 is 17.7 Å². The molecule has 18 heavy (non-hydrogen) atoms. The van der Waals surface area contributed by atoms with Crippen LogP contribution in [0.1, 0.15) is 24.2 Å². The molecule has 4 nitrogen and oxygen atoms in total. The van der Waals surface area contributed by atoms with E-state index in [1.54, 1.807) is 31.2 Å². The van der Waals surface area contributed by atoms with Gasteiger partial charge in [-0.1, -0.05) is 12.1 Å². The van der Waals surface area contributed by atoms with Crippen LogP contribution in [0, 0.1) is 22.7 Å². The van der Waals surface area contributed by atoms with Crippen LogP contribution < -0.4 is 0 Å². The molecule has 0 aliphatic carbocycles. The molecule has 5 heteroatoms. The number of thioether (sulfide) groups is 1. The molecule has 0 aliphatic heterocycles. The molecule has 0 radical (unpaired) electrons. The molecule has 0 saturated heterocycles. The number of hydrogen-bond donors (Lipinski definition) is 0. The highest BCUT2D eigenvalue weighted by Gasteiger charge is 2.16. The first-order valence-corrected chi connectivity index (χ1v) is 6.22. The lowest BCUT2D eigenvalue weighted by molar-refractivity contribution is 0.0431. The van der Waals surface area contributed by atoms with Crippen LogP contribution in [0.2, 0.25) is 0 Å². The summed E-state index contributed by atoms with van der Waals surface area (Å²) in [6.07, 6.45) is -0.788. The molecule has 2 atom stereocenters. The van der Waals surface area contributed by atoms with Crippen molar-refractivity contribution in [3.63, 3.8) is 0 Å². The molecule has 0 unspecified atom stereocenters. The molecule has 0 N–H and O–H groups in total. The van der Waals surface area contributed by atoms with Gasteiger partial charge < -0.3 is 4.74 Å². The van der Waals surface area contributed by atoms with Crippen LogP contribution in [0.4, 0.5) is 0 Å². The molecule has 0 saturated carbocycles. The molecular formula is C13H12N2O2S. The fourth-order valence-corrected chi connectivity index (χ4v) is 2.07. The minimum atomic E-state index is -0.788. The highest BCUT2D eigenvalue weighted by Crippen LogP contribution is 2.27. The summed E-state index contributed by atoms with van der Waals surface area (Å²) in [5.41, 5.74) is 0.381. The Kier molecular flexibility index (Phi) is 5.23. The van der Waals surface area contributed by atoms with Crippen LogP contribution in [0.3, 0.4) is 0 Å². The standard InChI is InChI=1S/C13H12N2O2S/c1-9(7-14)17-13(16)11-5-3-4-6-12(11)18-10(2)8-15/h3-6,9-10H,1-2H3/t9-,10-/m0/s1. The first-order chi connectivity index (χ1) is 8.58. The van der Waals surface area contributed by atoms with Crippen molar-refractivity contribution in [2.75, 3.05) is 0 Å². The normalized spacial score (nSPS) is 12.9. The SMILES string of the molecule is C[C@@H](C#N)OC(=O)c1ccccc1S[C@@H](C)C#N. The summed E-state index contributed by atoms with van der Waals surface area (Å²) < 4.78 is 4.95. The van der Waals surface area contributed by atoms with Gasteiger partial charge in [0.25, 0.3) is 0 Å². The van der Waals surface area contributed by atoms with Crippen LogP contribution in [-0.2, 0) is 4.74 Å². The molecule has 1 aromatic carbocycles. The molecular weight excluding hydrogens is 248 g/mol. The second-order valence-corrected chi connectivity index (χ2v) is 4.94. The lowest BCUT2D eigenvalue weighted by Gasteiger charge is -2.10. The zero-order valence-corrected chi connectivity index (χ0v) is 10.9. The number of carbonyl (C=O) groups excluding carboxylic acids is 1. The zero-order chi connectivity index (χ0) is 13.5. The molecule has 92 valence electrons. The number of nitrogens with zero attached hydrogens (tertiary/aromatic N) is 2. The van der Waals surface area contributed by atoms with Crippen molar-refractivity contribution in [1.82, 2.24) is 0 Å². The van der Waals surface area contributed by atoms with E-state index in [0.29, 0.717) is 10.5 Å². The third-order valence-corrected chi connectivity index (χ3v) is 3.13. The number of esters is 1. The van der Waals surface area contributed by atoms with Crippen molar-refractivity contribution in [2.45, 2.75) is 30.1 Å².